The van der Waals surface area contributed by atoms with E-state index in [2.05, 4.69) is 10.6 Å². The molecule has 0 spiro atoms. The minimum atomic E-state index is -0.621. The van der Waals surface area contributed by atoms with E-state index in [9.17, 15) is 14.0 Å². The van der Waals surface area contributed by atoms with Crippen molar-refractivity contribution in [2.45, 2.75) is 19.1 Å². The van der Waals surface area contributed by atoms with Crippen molar-refractivity contribution >= 4 is 29.9 Å². The van der Waals surface area contributed by atoms with Gasteiger partial charge in [0.1, 0.15) is 11.9 Å². The molecule has 1 aromatic carbocycles. The highest BCUT2D eigenvalue weighted by atomic mass is 35.5. The summed E-state index contributed by atoms with van der Waals surface area (Å²) in [4.78, 5) is 25.4. The van der Waals surface area contributed by atoms with E-state index in [4.69, 9.17) is 4.74 Å². The first-order chi connectivity index (χ1) is 10.4. The molecule has 1 saturated heterocycles. The molecule has 1 aromatic rings. The van der Waals surface area contributed by atoms with Crippen molar-refractivity contribution in [2.75, 3.05) is 32.6 Å². The maximum atomic E-state index is 13.7. The average molecular weight is 346 g/mol. The van der Waals surface area contributed by atoms with E-state index in [1.807, 2.05) is 6.92 Å². The Labute approximate surface area is 140 Å². The van der Waals surface area contributed by atoms with Crippen molar-refractivity contribution in [2.24, 2.45) is 0 Å². The molecule has 0 bridgehead atoms. The lowest BCUT2D eigenvalue weighted by atomic mass is 10.1. The van der Waals surface area contributed by atoms with E-state index in [0.29, 0.717) is 18.8 Å². The zero-order chi connectivity index (χ0) is 16.3. The highest BCUT2D eigenvalue weighted by molar-refractivity contribution is 5.98. The molecule has 128 valence electrons. The summed E-state index contributed by atoms with van der Waals surface area (Å²) in [5, 5.41) is 5.75. The number of benzene rings is 1. The fourth-order valence-corrected chi connectivity index (χ4v) is 2.26. The van der Waals surface area contributed by atoms with Crippen LogP contribution < -0.4 is 10.6 Å². The molecule has 0 aliphatic carbocycles. The van der Waals surface area contributed by atoms with Crippen molar-refractivity contribution < 1.29 is 18.7 Å². The fraction of sp³-hybridized carbons (Fsp3) is 0.467. The Morgan fingerprint density at radius 3 is 2.70 bits per heavy atom. The molecule has 0 saturated carbocycles. The van der Waals surface area contributed by atoms with Crippen molar-refractivity contribution in [1.82, 2.24) is 10.2 Å². The number of anilines is 1. The minimum Gasteiger partial charge on any atom is -0.375 e. The van der Waals surface area contributed by atoms with Crippen molar-refractivity contribution in [3.8, 4) is 0 Å². The molecule has 2 N–H and O–H groups in total. The number of rotatable bonds is 3. The largest absolute Gasteiger partial charge is 0.375 e. The third kappa shape index (κ3) is 4.63. The van der Waals surface area contributed by atoms with E-state index < -0.39 is 17.8 Å². The molecule has 0 unspecified atom stereocenters. The van der Waals surface area contributed by atoms with Crippen LogP contribution >= 0.6 is 12.4 Å². The van der Waals surface area contributed by atoms with Crippen LogP contribution in [0.15, 0.2) is 18.2 Å². The minimum absolute atomic E-state index is 0. The summed E-state index contributed by atoms with van der Waals surface area (Å²) in [5.41, 5.74) is 0.292. The van der Waals surface area contributed by atoms with Crippen LogP contribution in [-0.2, 0) is 9.53 Å². The van der Waals surface area contributed by atoms with Gasteiger partial charge in [0.25, 0.3) is 5.91 Å². The molecule has 2 amide bonds. The highest BCUT2D eigenvalue weighted by Crippen LogP contribution is 2.17. The number of hydrogen-bond donors (Lipinski definition) is 2. The van der Waals surface area contributed by atoms with Gasteiger partial charge in [0.05, 0.1) is 18.3 Å². The van der Waals surface area contributed by atoms with Crippen molar-refractivity contribution in [3.63, 3.8) is 0 Å². The van der Waals surface area contributed by atoms with Crippen LogP contribution in [0.2, 0.25) is 0 Å². The number of ether oxygens (including phenoxy) is 1. The maximum absolute atomic E-state index is 13.7. The highest BCUT2D eigenvalue weighted by Gasteiger charge is 2.28. The number of hydrogen-bond acceptors (Lipinski definition) is 4. The Morgan fingerprint density at radius 1 is 1.39 bits per heavy atom. The van der Waals surface area contributed by atoms with Gasteiger partial charge in [0.2, 0.25) is 5.91 Å². The summed E-state index contributed by atoms with van der Waals surface area (Å²) >= 11 is 0. The lowest BCUT2D eigenvalue weighted by Crippen LogP contribution is -2.53. The van der Waals surface area contributed by atoms with Gasteiger partial charge in [-0.15, -0.1) is 12.4 Å². The molecule has 1 heterocycles. The number of halogens is 2. The number of amides is 2. The fourth-order valence-electron chi connectivity index (χ4n) is 2.26. The molecule has 2 rings (SSSR count). The number of nitrogens with zero attached hydrogens (tertiary/aromatic N) is 1. The molecule has 1 aliphatic heterocycles. The summed E-state index contributed by atoms with van der Waals surface area (Å²) in [7, 11) is 3.08. The summed E-state index contributed by atoms with van der Waals surface area (Å²) in [6.07, 6.45) is -0.253. The average Bonchev–Trinajstić information content (AvgIpc) is 2.48. The Morgan fingerprint density at radius 2 is 2.09 bits per heavy atom. The van der Waals surface area contributed by atoms with Crippen LogP contribution in [-0.4, -0.2) is 56.1 Å². The first-order valence-corrected chi connectivity index (χ1v) is 7.07. The lowest BCUT2D eigenvalue weighted by Gasteiger charge is -2.29. The van der Waals surface area contributed by atoms with E-state index >= 15 is 0 Å². The summed E-state index contributed by atoms with van der Waals surface area (Å²) in [6, 6.07) is 3.45. The molecule has 1 aliphatic rings. The Hall–Kier alpha value is -1.70. The third-order valence-corrected chi connectivity index (χ3v) is 3.47. The molecular weight excluding hydrogens is 325 g/mol. The van der Waals surface area contributed by atoms with Gasteiger partial charge in [0, 0.05) is 26.3 Å². The van der Waals surface area contributed by atoms with Crippen LogP contribution in [0.3, 0.4) is 0 Å². The predicted octanol–water partition coefficient (Wildman–Crippen LogP) is 1.26. The number of carbonyl (C=O) groups is 2. The molecular formula is C15H21ClFN3O3. The van der Waals surface area contributed by atoms with Gasteiger partial charge < -0.3 is 20.3 Å². The smallest absolute Gasteiger partial charge is 0.256 e. The molecule has 8 heteroatoms. The summed E-state index contributed by atoms with van der Waals surface area (Å²) in [6.45, 7) is 2.96. The van der Waals surface area contributed by atoms with Crippen molar-refractivity contribution in [3.05, 3.63) is 29.6 Å². The maximum Gasteiger partial charge on any atom is 0.256 e. The van der Waals surface area contributed by atoms with Gasteiger partial charge in [-0.05, 0) is 25.1 Å². The van der Waals surface area contributed by atoms with Gasteiger partial charge in [-0.25, -0.2) is 4.39 Å². The summed E-state index contributed by atoms with van der Waals surface area (Å²) < 4.78 is 19.2. The molecule has 1 fully saturated rings. The SMILES string of the molecule is C[C@H]1OCCN[C@@H]1C(=O)Nc1ccc(F)c(C(=O)N(C)C)c1.Cl. The third-order valence-electron chi connectivity index (χ3n) is 3.47. The Balaban J connectivity index is 0.00000264. The van der Waals surface area contributed by atoms with Gasteiger partial charge in [-0.1, -0.05) is 0 Å². The topological polar surface area (TPSA) is 70.7 Å². The molecule has 0 aromatic heterocycles. The first-order valence-electron chi connectivity index (χ1n) is 7.07. The molecule has 0 radical (unpaired) electrons. The van der Waals surface area contributed by atoms with Gasteiger partial charge in [-0.3, -0.25) is 9.59 Å². The Bertz CT molecular complexity index is 583. The Kier molecular flexibility index (Phi) is 6.93. The number of nitrogens with one attached hydrogen (secondary N) is 2. The van der Waals surface area contributed by atoms with E-state index in [0.717, 1.165) is 0 Å². The lowest BCUT2D eigenvalue weighted by molar-refractivity contribution is -0.123. The predicted molar refractivity (Wildman–Crippen MR) is 87.5 cm³/mol. The van der Waals surface area contributed by atoms with Crippen LogP contribution in [0.1, 0.15) is 17.3 Å². The molecule has 2 atom stereocenters. The zero-order valence-corrected chi connectivity index (χ0v) is 14.1. The van der Waals surface area contributed by atoms with Crippen LogP contribution in [0.25, 0.3) is 0 Å². The second-order valence-electron chi connectivity index (χ2n) is 5.39. The number of morpholine rings is 1. The molecule has 6 nitrogen and oxygen atoms in total. The first kappa shape index (κ1) is 19.3. The number of carbonyl (C=O) groups excluding carboxylic acids is 2. The van der Waals surface area contributed by atoms with Gasteiger partial charge >= 0.3 is 0 Å². The van der Waals surface area contributed by atoms with E-state index in [-0.39, 0.29) is 30.0 Å². The standard InChI is InChI=1S/C15H20FN3O3.ClH/c1-9-13(17-6-7-22-9)14(20)18-10-4-5-12(16)11(8-10)15(21)19(2)3;/h4-5,8-9,13,17H,6-7H2,1-3H3,(H,18,20);1H/t9-,13+;/m1./s1. The van der Waals surface area contributed by atoms with Crippen LogP contribution in [0.4, 0.5) is 10.1 Å². The van der Waals surface area contributed by atoms with Crippen LogP contribution in [0.5, 0.6) is 0 Å². The van der Waals surface area contributed by atoms with E-state index in [1.165, 1.54) is 37.2 Å². The van der Waals surface area contributed by atoms with Gasteiger partial charge in [-0.2, -0.15) is 0 Å². The van der Waals surface area contributed by atoms with E-state index in [1.54, 1.807) is 0 Å². The van der Waals surface area contributed by atoms with Crippen molar-refractivity contribution in [1.29, 1.82) is 0 Å². The quantitative estimate of drug-likeness (QED) is 0.865. The van der Waals surface area contributed by atoms with Crippen LogP contribution in [0, 0.1) is 5.82 Å². The summed E-state index contributed by atoms with van der Waals surface area (Å²) in [5.74, 6) is -1.35. The normalized spacial score (nSPS) is 20.3. The van der Waals surface area contributed by atoms with Gasteiger partial charge in [0.15, 0.2) is 0 Å². The second kappa shape index (κ2) is 8.24. The monoisotopic (exact) mass is 345 g/mol. The zero-order valence-electron chi connectivity index (χ0n) is 13.3. The second-order valence-corrected chi connectivity index (χ2v) is 5.39. The molecule has 23 heavy (non-hydrogen) atoms.